The van der Waals surface area contributed by atoms with Crippen molar-refractivity contribution < 1.29 is 8.42 Å². The van der Waals surface area contributed by atoms with Crippen LogP contribution in [-0.2, 0) is 16.4 Å². The molecule has 0 aliphatic rings. The highest BCUT2D eigenvalue weighted by Crippen LogP contribution is 2.26. The fraction of sp³-hybridized carbons (Fsp3) is 0.143. The molecular weight excluding hydrogens is 334 g/mol. The minimum atomic E-state index is -3.80. The zero-order chi connectivity index (χ0) is 16.0. The van der Waals surface area contributed by atoms with Crippen molar-refractivity contribution in [3.05, 3.63) is 47.9 Å². The van der Waals surface area contributed by atoms with Crippen LogP contribution in [-0.4, -0.2) is 33.3 Å². The van der Waals surface area contributed by atoms with Gasteiger partial charge in [0.05, 0.1) is 6.20 Å². The molecule has 4 aromatic heterocycles. The molecule has 0 atom stereocenters. The number of hydrogen-bond donors (Lipinski definition) is 1. The largest absolute Gasteiger partial charge is 0.330 e. The van der Waals surface area contributed by atoms with Crippen LogP contribution in [0.5, 0.6) is 0 Å². The Kier molecular flexibility index (Phi) is 3.22. The number of nitrogens with zero attached hydrogens (tertiary/aromatic N) is 4. The first kappa shape index (κ1) is 14.4. The van der Waals surface area contributed by atoms with Crippen LogP contribution in [0.25, 0.3) is 16.0 Å². The summed E-state index contributed by atoms with van der Waals surface area (Å²) in [5.74, 6) is 0. The molecule has 0 aromatic carbocycles. The second kappa shape index (κ2) is 5.15. The third kappa shape index (κ3) is 2.08. The topological polar surface area (TPSA) is 95.3 Å². The van der Waals surface area contributed by atoms with Gasteiger partial charge in [0.1, 0.15) is 0 Å². The summed E-state index contributed by atoms with van der Waals surface area (Å²) in [6.45, 7) is 0.440. The van der Waals surface area contributed by atoms with Crippen molar-refractivity contribution >= 4 is 37.4 Å². The van der Waals surface area contributed by atoms with Crippen LogP contribution in [0, 0.1) is 0 Å². The van der Waals surface area contributed by atoms with Crippen molar-refractivity contribution in [3.63, 3.8) is 0 Å². The Morgan fingerprint density at radius 2 is 2.17 bits per heavy atom. The first-order valence-electron chi connectivity index (χ1n) is 6.94. The predicted octanol–water partition coefficient (Wildman–Crippen LogP) is 1.48. The minimum absolute atomic E-state index is 0.121. The Bertz CT molecular complexity index is 1110. The Labute approximate surface area is 136 Å². The zero-order valence-electron chi connectivity index (χ0n) is 12.0. The molecule has 0 unspecified atom stereocenters. The summed E-state index contributed by atoms with van der Waals surface area (Å²) in [4.78, 5) is 9.02. The Balaban J connectivity index is 2.00. The molecule has 4 rings (SSSR count). The molecule has 9 heteroatoms. The Morgan fingerprint density at radius 3 is 3.00 bits per heavy atom. The number of hydrogen-bond acceptors (Lipinski definition) is 6. The molecular formula is C14H13N5O2S2. The maximum Gasteiger partial charge on any atom is 0.287 e. The molecule has 0 radical (unpaired) electrons. The van der Waals surface area contributed by atoms with Gasteiger partial charge in [0.25, 0.3) is 10.0 Å². The van der Waals surface area contributed by atoms with E-state index in [1.165, 1.54) is 21.5 Å². The van der Waals surface area contributed by atoms with Gasteiger partial charge in [0.2, 0.25) is 0 Å². The molecule has 0 amide bonds. The Hall–Kier alpha value is -2.23. The normalized spacial score (nSPS) is 12.4. The van der Waals surface area contributed by atoms with E-state index < -0.39 is 10.0 Å². The van der Waals surface area contributed by atoms with E-state index in [9.17, 15) is 8.42 Å². The molecule has 0 fully saturated rings. The third-order valence-corrected chi connectivity index (χ3v) is 6.06. The number of imidazole rings is 1. The monoisotopic (exact) mass is 347 g/mol. The SMILES string of the molecule is NCCc1cn(S(=O)(=O)c2cnc3sccn23)c2ncccc12. The molecule has 7 nitrogen and oxygen atoms in total. The van der Waals surface area contributed by atoms with Crippen LogP contribution in [0.2, 0.25) is 0 Å². The molecule has 0 saturated carbocycles. The van der Waals surface area contributed by atoms with Gasteiger partial charge in [-0.05, 0) is 30.7 Å². The standard InChI is InChI=1S/C14H13N5O2S2/c15-4-3-10-9-19(13-11(10)2-1-5-16-13)23(20,21)12-8-17-14-18(12)6-7-22-14/h1-2,5-9H,3-4,15H2. The van der Waals surface area contributed by atoms with Crippen molar-refractivity contribution in [3.8, 4) is 0 Å². The van der Waals surface area contributed by atoms with Gasteiger partial charge in [-0.25, -0.2) is 13.9 Å². The van der Waals surface area contributed by atoms with Crippen molar-refractivity contribution in [2.45, 2.75) is 11.4 Å². The van der Waals surface area contributed by atoms with E-state index in [1.54, 1.807) is 34.4 Å². The van der Waals surface area contributed by atoms with Gasteiger partial charge in [-0.3, -0.25) is 4.40 Å². The maximum atomic E-state index is 13.1. The first-order chi connectivity index (χ1) is 11.1. The van der Waals surface area contributed by atoms with E-state index in [-0.39, 0.29) is 5.03 Å². The summed E-state index contributed by atoms with van der Waals surface area (Å²) < 4.78 is 28.9. The van der Waals surface area contributed by atoms with E-state index in [0.29, 0.717) is 23.6 Å². The maximum absolute atomic E-state index is 13.1. The first-order valence-corrected chi connectivity index (χ1v) is 9.26. The van der Waals surface area contributed by atoms with E-state index in [1.807, 2.05) is 6.07 Å². The minimum Gasteiger partial charge on any atom is -0.330 e. The molecule has 4 aromatic rings. The summed E-state index contributed by atoms with van der Waals surface area (Å²) in [6, 6.07) is 3.64. The van der Waals surface area contributed by atoms with Gasteiger partial charge in [-0.15, -0.1) is 11.3 Å². The Morgan fingerprint density at radius 1 is 1.30 bits per heavy atom. The molecule has 4 heterocycles. The average Bonchev–Trinajstić information content (AvgIpc) is 3.21. The van der Waals surface area contributed by atoms with Gasteiger partial charge >= 0.3 is 0 Å². The number of nitrogens with two attached hydrogens (primary N) is 1. The highest BCUT2D eigenvalue weighted by Gasteiger charge is 2.25. The number of fused-ring (bicyclic) bond motifs is 2. The number of thiazole rings is 1. The molecule has 0 spiro atoms. The number of rotatable bonds is 4. The highest BCUT2D eigenvalue weighted by atomic mass is 32.2. The highest BCUT2D eigenvalue weighted by molar-refractivity contribution is 7.90. The van der Waals surface area contributed by atoms with E-state index >= 15 is 0 Å². The lowest BCUT2D eigenvalue weighted by molar-refractivity contribution is 0.584. The molecule has 0 aliphatic carbocycles. The van der Waals surface area contributed by atoms with Crippen molar-refractivity contribution in [2.24, 2.45) is 5.73 Å². The summed E-state index contributed by atoms with van der Waals surface area (Å²) in [5.41, 5.74) is 6.90. The number of pyridine rings is 1. The second-order valence-electron chi connectivity index (χ2n) is 5.02. The van der Waals surface area contributed by atoms with Crippen molar-refractivity contribution in [1.82, 2.24) is 18.3 Å². The van der Waals surface area contributed by atoms with Gasteiger partial charge in [0.15, 0.2) is 15.6 Å². The summed E-state index contributed by atoms with van der Waals surface area (Å²) in [6.07, 6.45) is 6.84. The van der Waals surface area contributed by atoms with E-state index in [4.69, 9.17) is 5.73 Å². The molecule has 0 aliphatic heterocycles. The van der Waals surface area contributed by atoms with Gasteiger partial charge in [-0.1, -0.05) is 0 Å². The molecule has 0 saturated heterocycles. The van der Waals surface area contributed by atoms with Gasteiger partial charge in [-0.2, -0.15) is 8.42 Å². The smallest absolute Gasteiger partial charge is 0.287 e. The van der Waals surface area contributed by atoms with Crippen LogP contribution in [0.3, 0.4) is 0 Å². The zero-order valence-corrected chi connectivity index (χ0v) is 13.6. The van der Waals surface area contributed by atoms with E-state index in [2.05, 4.69) is 9.97 Å². The third-order valence-electron chi connectivity index (χ3n) is 3.66. The molecule has 118 valence electrons. The fourth-order valence-electron chi connectivity index (χ4n) is 2.63. The summed E-state index contributed by atoms with van der Waals surface area (Å²) in [5, 5.41) is 2.72. The quantitative estimate of drug-likeness (QED) is 0.603. The fourth-order valence-corrected chi connectivity index (χ4v) is 4.80. The summed E-state index contributed by atoms with van der Waals surface area (Å²) >= 11 is 1.38. The molecule has 2 N–H and O–H groups in total. The molecule has 0 bridgehead atoms. The van der Waals surface area contributed by atoms with E-state index in [0.717, 1.165) is 10.9 Å². The van der Waals surface area contributed by atoms with Crippen molar-refractivity contribution in [1.29, 1.82) is 0 Å². The van der Waals surface area contributed by atoms with Crippen LogP contribution < -0.4 is 5.73 Å². The predicted molar refractivity (Wildman–Crippen MR) is 88.1 cm³/mol. The van der Waals surface area contributed by atoms with Crippen molar-refractivity contribution in [2.75, 3.05) is 6.54 Å². The lowest BCUT2D eigenvalue weighted by Gasteiger charge is -2.05. The molecule has 23 heavy (non-hydrogen) atoms. The number of aromatic nitrogens is 4. The van der Waals surface area contributed by atoms with Gasteiger partial charge in [0, 0.05) is 29.4 Å². The van der Waals surface area contributed by atoms with Gasteiger partial charge < -0.3 is 5.73 Å². The lowest BCUT2D eigenvalue weighted by atomic mass is 10.2. The lowest BCUT2D eigenvalue weighted by Crippen LogP contribution is -2.14. The van der Waals surface area contributed by atoms with Crippen LogP contribution >= 0.6 is 11.3 Å². The van der Waals surface area contributed by atoms with Crippen LogP contribution in [0.15, 0.2) is 47.3 Å². The average molecular weight is 347 g/mol. The second-order valence-corrected chi connectivity index (χ2v) is 7.66. The summed E-state index contributed by atoms with van der Waals surface area (Å²) in [7, 11) is -3.80. The van der Waals surface area contributed by atoms with Crippen LogP contribution in [0.1, 0.15) is 5.56 Å². The van der Waals surface area contributed by atoms with Crippen LogP contribution in [0.4, 0.5) is 0 Å².